The molecule has 0 aliphatic carbocycles. The summed E-state index contributed by atoms with van der Waals surface area (Å²) in [6, 6.07) is 8.49. The Hall–Kier alpha value is -1.51. The molecule has 3 heteroatoms. The summed E-state index contributed by atoms with van der Waals surface area (Å²) in [7, 11) is 0. The lowest BCUT2D eigenvalue weighted by Gasteiger charge is -2.33. The van der Waals surface area contributed by atoms with Crippen LogP contribution >= 0.6 is 0 Å². The maximum absolute atomic E-state index is 11.3. The molecule has 2 N–H and O–H groups in total. The van der Waals surface area contributed by atoms with Gasteiger partial charge in [-0.05, 0) is 37.5 Å². The molecule has 2 amide bonds. The van der Waals surface area contributed by atoms with Gasteiger partial charge in [0.05, 0.1) is 0 Å². The van der Waals surface area contributed by atoms with E-state index >= 15 is 0 Å². The summed E-state index contributed by atoms with van der Waals surface area (Å²) in [5.41, 5.74) is 7.44. The van der Waals surface area contributed by atoms with Gasteiger partial charge in [-0.2, -0.15) is 0 Å². The predicted octanol–water partition coefficient (Wildman–Crippen LogP) is 1.71. The number of nitrogens with zero attached hydrogens (tertiary/aromatic N) is 1. The lowest BCUT2D eigenvalue weighted by atomic mass is 9.97. The third-order valence-corrected chi connectivity index (χ3v) is 2.70. The first-order valence-electron chi connectivity index (χ1n) is 4.78. The van der Waals surface area contributed by atoms with Crippen LogP contribution in [0.5, 0.6) is 0 Å². The average Bonchev–Trinajstić information content (AvgIpc) is 2.17. The van der Waals surface area contributed by atoms with Crippen molar-refractivity contribution in [1.29, 1.82) is 0 Å². The Bertz CT molecular complexity index is 362. The van der Waals surface area contributed by atoms with Gasteiger partial charge in [0.25, 0.3) is 0 Å². The molecule has 1 unspecified atom stereocenters. The Morgan fingerprint density at radius 1 is 1.71 bits per heavy atom. The number of hydrogen-bond donors (Lipinski definition) is 1. The second-order valence-corrected chi connectivity index (χ2v) is 3.65. The van der Waals surface area contributed by atoms with E-state index < -0.39 is 0 Å². The highest BCUT2D eigenvalue weighted by Gasteiger charge is 2.25. The molecule has 2 rings (SSSR count). The van der Waals surface area contributed by atoms with Gasteiger partial charge in [-0.15, -0.1) is 0 Å². The van der Waals surface area contributed by atoms with Crippen molar-refractivity contribution in [3.05, 3.63) is 29.8 Å². The lowest BCUT2D eigenvalue weighted by Crippen LogP contribution is -2.45. The molecule has 1 atom stereocenters. The fraction of sp³-hybridized carbons (Fsp3) is 0.364. The summed E-state index contributed by atoms with van der Waals surface area (Å²) < 4.78 is 0. The zero-order valence-corrected chi connectivity index (χ0v) is 8.16. The summed E-state index contributed by atoms with van der Waals surface area (Å²) in [6.45, 7) is 2.01. The minimum Gasteiger partial charge on any atom is -0.351 e. The summed E-state index contributed by atoms with van der Waals surface area (Å²) in [6.07, 6.45) is 1.98. The van der Waals surface area contributed by atoms with Gasteiger partial charge in [0, 0.05) is 11.7 Å². The predicted molar refractivity (Wildman–Crippen MR) is 55.1 cm³/mol. The standard InChI is InChI=1S/C11H13N2O/c1-8-6-7-9-4-2-3-5-10(9)13(8)11(12)14/h2,4-5,8H,6-7H2,1H3,(H2,12,14). The minimum atomic E-state index is -0.377. The number of anilines is 1. The van der Waals surface area contributed by atoms with Crippen LogP contribution in [0.2, 0.25) is 0 Å². The van der Waals surface area contributed by atoms with E-state index in [0.29, 0.717) is 0 Å². The number of carbonyl (C=O) groups excluding carboxylic acids is 1. The maximum Gasteiger partial charge on any atom is 0.319 e. The van der Waals surface area contributed by atoms with Crippen LogP contribution in [-0.4, -0.2) is 12.1 Å². The molecule has 1 radical (unpaired) electrons. The maximum atomic E-state index is 11.3. The number of rotatable bonds is 0. The summed E-state index contributed by atoms with van der Waals surface area (Å²) >= 11 is 0. The van der Waals surface area contributed by atoms with E-state index in [2.05, 4.69) is 6.07 Å². The van der Waals surface area contributed by atoms with Gasteiger partial charge in [-0.1, -0.05) is 12.1 Å². The number of aryl methyl sites for hydroxylation is 1. The quantitative estimate of drug-likeness (QED) is 0.663. The van der Waals surface area contributed by atoms with E-state index in [1.165, 1.54) is 5.56 Å². The van der Waals surface area contributed by atoms with Crippen molar-refractivity contribution in [1.82, 2.24) is 0 Å². The van der Waals surface area contributed by atoms with E-state index in [9.17, 15) is 4.79 Å². The number of benzene rings is 1. The molecule has 0 fully saturated rings. The van der Waals surface area contributed by atoms with E-state index in [1.807, 2.05) is 25.1 Å². The van der Waals surface area contributed by atoms with Crippen molar-refractivity contribution in [3.63, 3.8) is 0 Å². The first-order valence-corrected chi connectivity index (χ1v) is 4.78. The SMILES string of the molecule is CC1CCc2cc[c]cc2N1C(N)=O. The number of carbonyl (C=O) groups is 1. The molecule has 0 bridgehead atoms. The molecule has 14 heavy (non-hydrogen) atoms. The Morgan fingerprint density at radius 2 is 2.50 bits per heavy atom. The van der Waals surface area contributed by atoms with Gasteiger partial charge < -0.3 is 5.73 Å². The zero-order chi connectivity index (χ0) is 10.1. The van der Waals surface area contributed by atoms with Gasteiger partial charge >= 0.3 is 6.03 Å². The van der Waals surface area contributed by atoms with Gasteiger partial charge in [0.15, 0.2) is 0 Å². The second-order valence-electron chi connectivity index (χ2n) is 3.65. The van der Waals surface area contributed by atoms with E-state index in [-0.39, 0.29) is 12.1 Å². The Balaban J connectivity index is 2.46. The summed E-state index contributed by atoms with van der Waals surface area (Å²) in [4.78, 5) is 12.9. The molecule has 0 aromatic heterocycles. The molecule has 0 spiro atoms. The van der Waals surface area contributed by atoms with Crippen LogP contribution < -0.4 is 10.6 Å². The molecular formula is C11H13N2O. The smallest absolute Gasteiger partial charge is 0.319 e. The molecule has 1 aliphatic rings. The largest absolute Gasteiger partial charge is 0.351 e. The third kappa shape index (κ3) is 1.35. The van der Waals surface area contributed by atoms with Gasteiger partial charge in [-0.3, -0.25) is 4.90 Å². The van der Waals surface area contributed by atoms with Crippen LogP contribution in [-0.2, 0) is 6.42 Å². The fourth-order valence-corrected chi connectivity index (χ4v) is 1.96. The second kappa shape index (κ2) is 3.33. The van der Waals surface area contributed by atoms with Crippen LogP contribution in [0, 0.1) is 6.07 Å². The molecule has 1 aliphatic heterocycles. The molecule has 1 aromatic rings. The average molecular weight is 189 g/mol. The van der Waals surface area contributed by atoms with Gasteiger partial charge in [-0.25, -0.2) is 4.79 Å². The number of amides is 2. The number of urea groups is 1. The highest BCUT2D eigenvalue weighted by atomic mass is 16.2. The van der Waals surface area contributed by atoms with E-state index in [0.717, 1.165) is 18.5 Å². The summed E-state index contributed by atoms with van der Waals surface area (Å²) in [5.74, 6) is 0. The Kier molecular flexibility index (Phi) is 2.15. The minimum absolute atomic E-state index is 0.191. The van der Waals surface area contributed by atoms with Crippen LogP contribution in [0.4, 0.5) is 10.5 Å². The zero-order valence-electron chi connectivity index (χ0n) is 8.16. The highest BCUT2D eigenvalue weighted by Crippen LogP contribution is 2.29. The summed E-state index contributed by atoms with van der Waals surface area (Å²) in [5, 5.41) is 0. The van der Waals surface area contributed by atoms with Crippen molar-refractivity contribution in [3.8, 4) is 0 Å². The van der Waals surface area contributed by atoms with Crippen molar-refractivity contribution in [2.75, 3.05) is 4.90 Å². The molecular weight excluding hydrogens is 176 g/mol. The Labute approximate surface area is 83.5 Å². The topological polar surface area (TPSA) is 46.3 Å². The van der Waals surface area contributed by atoms with Crippen molar-refractivity contribution in [2.24, 2.45) is 5.73 Å². The number of primary amides is 1. The number of nitrogens with two attached hydrogens (primary N) is 1. The first-order chi connectivity index (χ1) is 6.70. The number of fused-ring (bicyclic) bond motifs is 1. The van der Waals surface area contributed by atoms with Crippen molar-refractivity contribution in [2.45, 2.75) is 25.8 Å². The fourth-order valence-electron chi connectivity index (χ4n) is 1.96. The normalized spacial score (nSPS) is 20.4. The highest BCUT2D eigenvalue weighted by molar-refractivity contribution is 5.92. The van der Waals surface area contributed by atoms with Crippen molar-refractivity contribution >= 4 is 11.7 Å². The molecule has 0 saturated heterocycles. The van der Waals surface area contributed by atoms with Crippen LogP contribution in [0.15, 0.2) is 18.2 Å². The molecule has 73 valence electrons. The van der Waals surface area contributed by atoms with Gasteiger partial charge in [0.1, 0.15) is 0 Å². The van der Waals surface area contributed by atoms with E-state index in [4.69, 9.17) is 5.73 Å². The van der Waals surface area contributed by atoms with Gasteiger partial charge in [0.2, 0.25) is 0 Å². The molecule has 1 aromatic carbocycles. The number of hydrogen-bond acceptors (Lipinski definition) is 1. The van der Waals surface area contributed by atoms with Crippen molar-refractivity contribution < 1.29 is 4.79 Å². The molecule has 0 saturated carbocycles. The molecule has 1 heterocycles. The van der Waals surface area contributed by atoms with E-state index in [1.54, 1.807) is 4.90 Å². The lowest BCUT2D eigenvalue weighted by molar-refractivity contribution is 0.251. The molecule has 3 nitrogen and oxygen atoms in total. The third-order valence-electron chi connectivity index (χ3n) is 2.70. The van der Waals surface area contributed by atoms with Crippen LogP contribution in [0.3, 0.4) is 0 Å². The van der Waals surface area contributed by atoms with Crippen LogP contribution in [0.1, 0.15) is 18.9 Å². The monoisotopic (exact) mass is 189 g/mol. The van der Waals surface area contributed by atoms with Crippen LogP contribution in [0.25, 0.3) is 0 Å². The first kappa shape index (κ1) is 9.06. The Morgan fingerprint density at radius 3 is 3.21 bits per heavy atom.